The Labute approximate surface area is 161 Å². The van der Waals surface area contributed by atoms with E-state index >= 15 is 0 Å². The Kier molecular flexibility index (Phi) is 5.35. The maximum atomic E-state index is 11.4. The van der Waals surface area contributed by atoms with Gasteiger partial charge in [0.25, 0.3) is 0 Å². The van der Waals surface area contributed by atoms with Crippen LogP contribution in [0.2, 0.25) is 0 Å². The molecule has 0 saturated carbocycles. The molecule has 0 radical (unpaired) electrons. The molecule has 2 aromatic carbocycles. The van der Waals surface area contributed by atoms with E-state index in [-0.39, 0.29) is 29.4 Å². The van der Waals surface area contributed by atoms with Gasteiger partial charge >= 0.3 is 5.97 Å². The van der Waals surface area contributed by atoms with Crippen LogP contribution in [0.3, 0.4) is 0 Å². The largest absolute Gasteiger partial charge is 0.508 e. The van der Waals surface area contributed by atoms with E-state index in [0.717, 1.165) is 11.3 Å². The molecule has 28 heavy (non-hydrogen) atoms. The minimum absolute atomic E-state index is 0.0154. The van der Waals surface area contributed by atoms with Crippen molar-refractivity contribution in [2.24, 2.45) is 0 Å². The highest BCUT2D eigenvalue weighted by atomic mass is 16.4. The van der Waals surface area contributed by atoms with Crippen molar-refractivity contribution in [2.45, 2.75) is 20.0 Å². The fraction of sp³-hybridized carbons (Fsp3) is 0.143. The van der Waals surface area contributed by atoms with Crippen molar-refractivity contribution in [3.63, 3.8) is 0 Å². The van der Waals surface area contributed by atoms with Crippen molar-refractivity contribution in [1.82, 2.24) is 4.98 Å². The first kappa shape index (κ1) is 19.0. The van der Waals surface area contributed by atoms with Crippen molar-refractivity contribution < 1.29 is 25.2 Å². The quantitative estimate of drug-likeness (QED) is 0.485. The predicted molar refractivity (Wildman–Crippen MR) is 104 cm³/mol. The van der Waals surface area contributed by atoms with Crippen molar-refractivity contribution in [2.75, 3.05) is 4.90 Å². The molecule has 0 fully saturated rings. The van der Waals surface area contributed by atoms with E-state index in [1.165, 1.54) is 30.3 Å². The third-order valence-electron chi connectivity index (χ3n) is 4.35. The van der Waals surface area contributed by atoms with E-state index in [1.807, 2.05) is 24.0 Å². The molecule has 7 heteroatoms. The minimum atomic E-state index is -1.24. The molecule has 0 aliphatic heterocycles. The van der Waals surface area contributed by atoms with Crippen LogP contribution in [0.15, 0.2) is 54.7 Å². The molecule has 0 aliphatic carbocycles. The van der Waals surface area contributed by atoms with Gasteiger partial charge in [-0.05, 0) is 55.0 Å². The first-order chi connectivity index (χ1) is 13.3. The lowest BCUT2D eigenvalue weighted by atomic mass is 10.1. The van der Waals surface area contributed by atoms with Gasteiger partial charge in [-0.2, -0.15) is 0 Å². The smallest absolute Gasteiger partial charge is 0.339 e. The minimum Gasteiger partial charge on any atom is -0.508 e. The number of pyridine rings is 1. The Morgan fingerprint density at radius 1 is 0.964 bits per heavy atom. The zero-order valence-electron chi connectivity index (χ0n) is 15.2. The van der Waals surface area contributed by atoms with Crippen molar-refractivity contribution in [1.29, 1.82) is 0 Å². The molecule has 0 amide bonds. The highest BCUT2D eigenvalue weighted by Gasteiger charge is 2.16. The van der Waals surface area contributed by atoms with Crippen molar-refractivity contribution in [3.05, 3.63) is 77.1 Å². The van der Waals surface area contributed by atoms with Crippen LogP contribution in [0.5, 0.6) is 17.2 Å². The summed E-state index contributed by atoms with van der Waals surface area (Å²) in [5.74, 6) is -1.53. The summed E-state index contributed by atoms with van der Waals surface area (Å²) in [6, 6.07) is 12.3. The molecule has 1 heterocycles. The molecule has 4 N–H and O–H groups in total. The number of hydrogen-bond acceptors (Lipinski definition) is 6. The number of nitrogens with zero attached hydrogens (tertiary/aromatic N) is 2. The summed E-state index contributed by atoms with van der Waals surface area (Å²) in [7, 11) is 0. The van der Waals surface area contributed by atoms with Gasteiger partial charge in [-0.25, -0.2) is 4.79 Å². The lowest BCUT2D eigenvalue weighted by molar-refractivity contribution is 0.0693. The van der Waals surface area contributed by atoms with Gasteiger partial charge in [0.05, 0.1) is 0 Å². The molecule has 0 saturated heterocycles. The second kappa shape index (κ2) is 7.87. The maximum absolute atomic E-state index is 11.4. The lowest BCUT2D eigenvalue weighted by Gasteiger charge is -2.26. The van der Waals surface area contributed by atoms with Gasteiger partial charge in [0, 0.05) is 36.2 Å². The van der Waals surface area contributed by atoms with E-state index in [1.54, 1.807) is 12.3 Å². The Bertz CT molecular complexity index is 1000. The molecular weight excluding hydrogens is 360 g/mol. The van der Waals surface area contributed by atoms with Gasteiger partial charge < -0.3 is 25.3 Å². The fourth-order valence-electron chi connectivity index (χ4n) is 2.85. The monoisotopic (exact) mass is 380 g/mol. The molecule has 1 aromatic heterocycles. The lowest BCUT2D eigenvalue weighted by Crippen LogP contribution is -2.22. The van der Waals surface area contributed by atoms with Gasteiger partial charge in [0.2, 0.25) is 0 Å². The molecule has 0 bridgehead atoms. The summed E-state index contributed by atoms with van der Waals surface area (Å²) in [4.78, 5) is 17.5. The second-order valence-corrected chi connectivity index (χ2v) is 6.48. The molecule has 3 rings (SSSR count). The molecular formula is C21H20N2O5. The third-order valence-corrected chi connectivity index (χ3v) is 4.35. The molecule has 7 nitrogen and oxygen atoms in total. The van der Waals surface area contributed by atoms with Gasteiger partial charge in [0.15, 0.2) is 0 Å². The number of aromatic hydroxyl groups is 3. The highest BCUT2D eigenvalue weighted by molar-refractivity contribution is 5.92. The number of rotatable bonds is 6. The van der Waals surface area contributed by atoms with Crippen LogP contribution in [0.25, 0.3) is 0 Å². The van der Waals surface area contributed by atoms with Crippen LogP contribution in [-0.2, 0) is 13.1 Å². The number of carboxylic acid groups (broad SMARTS) is 1. The Hall–Kier alpha value is -3.74. The third kappa shape index (κ3) is 4.32. The Balaban J connectivity index is 2.00. The van der Waals surface area contributed by atoms with Gasteiger partial charge in [-0.1, -0.05) is 6.07 Å². The molecule has 144 valence electrons. The summed E-state index contributed by atoms with van der Waals surface area (Å²) >= 11 is 0. The standard InChI is InChI=1S/C21H20N2O5/c1-13-2-3-14(10-22-13)11-23(12-15-8-17(24)5-7-19(15)25)16-4-6-20(26)18(9-16)21(27)28/h2-10,24-26H,11-12H2,1H3,(H,27,28). The van der Waals surface area contributed by atoms with Crippen LogP contribution in [0.1, 0.15) is 27.2 Å². The number of phenols is 3. The number of aryl methyl sites for hydroxylation is 1. The van der Waals surface area contributed by atoms with Gasteiger partial charge in [0.1, 0.15) is 22.8 Å². The highest BCUT2D eigenvalue weighted by Crippen LogP contribution is 2.30. The first-order valence-corrected chi connectivity index (χ1v) is 8.57. The number of carbonyl (C=O) groups is 1. The summed E-state index contributed by atoms with van der Waals surface area (Å²) in [5, 5.41) is 39.0. The van der Waals surface area contributed by atoms with Crippen molar-refractivity contribution >= 4 is 11.7 Å². The zero-order chi connectivity index (χ0) is 20.3. The second-order valence-electron chi connectivity index (χ2n) is 6.48. The number of aromatic nitrogens is 1. The maximum Gasteiger partial charge on any atom is 0.339 e. The molecule has 0 aliphatic rings. The van der Waals surface area contributed by atoms with Crippen molar-refractivity contribution in [3.8, 4) is 17.2 Å². The van der Waals surface area contributed by atoms with E-state index in [4.69, 9.17) is 0 Å². The van der Waals surface area contributed by atoms with Crippen LogP contribution >= 0.6 is 0 Å². The topological polar surface area (TPSA) is 114 Å². The number of phenolic OH excluding ortho intramolecular Hbond substituents is 2. The van der Waals surface area contributed by atoms with E-state index in [0.29, 0.717) is 17.8 Å². The number of aromatic carboxylic acids is 1. The summed E-state index contributed by atoms with van der Waals surface area (Å²) in [6.45, 7) is 2.47. The van der Waals surface area contributed by atoms with Crippen LogP contribution in [0, 0.1) is 6.92 Å². The number of hydrogen-bond donors (Lipinski definition) is 4. The SMILES string of the molecule is Cc1ccc(CN(Cc2cc(O)ccc2O)c2ccc(O)c(C(=O)O)c2)cn1. The summed E-state index contributed by atoms with van der Waals surface area (Å²) < 4.78 is 0. The van der Waals surface area contributed by atoms with E-state index in [9.17, 15) is 25.2 Å². The molecule has 0 spiro atoms. The molecule has 0 unspecified atom stereocenters. The predicted octanol–water partition coefficient (Wildman–Crippen LogP) is 3.41. The van der Waals surface area contributed by atoms with E-state index in [2.05, 4.69) is 4.98 Å². The number of carboxylic acids is 1. The number of anilines is 1. The normalized spacial score (nSPS) is 10.6. The van der Waals surface area contributed by atoms with Gasteiger partial charge in [-0.3, -0.25) is 4.98 Å². The average Bonchev–Trinajstić information content (AvgIpc) is 2.66. The first-order valence-electron chi connectivity index (χ1n) is 8.57. The fourth-order valence-corrected chi connectivity index (χ4v) is 2.85. The average molecular weight is 380 g/mol. The Morgan fingerprint density at radius 2 is 1.71 bits per heavy atom. The molecule has 3 aromatic rings. The van der Waals surface area contributed by atoms with Crippen LogP contribution in [-0.4, -0.2) is 31.4 Å². The summed E-state index contributed by atoms with van der Waals surface area (Å²) in [6.07, 6.45) is 1.73. The Morgan fingerprint density at radius 3 is 2.39 bits per heavy atom. The van der Waals surface area contributed by atoms with E-state index < -0.39 is 5.97 Å². The van der Waals surface area contributed by atoms with Gasteiger partial charge in [-0.15, -0.1) is 0 Å². The van der Waals surface area contributed by atoms with Crippen LogP contribution in [0.4, 0.5) is 5.69 Å². The zero-order valence-corrected chi connectivity index (χ0v) is 15.2. The number of benzene rings is 2. The molecule has 0 atom stereocenters. The van der Waals surface area contributed by atoms with Crippen LogP contribution < -0.4 is 4.90 Å². The summed E-state index contributed by atoms with van der Waals surface area (Å²) in [5.41, 5.74) is 2.56.